The maximum atomic E-state index is 13.0. The third-order valence-corrected chi connectivity index (χ3v) is 5.92. The number of sulfone groups is 1. The molecule has 7 nitrogen and oxygen atoms in total. The summed E-state index contributed by atoms with van der Waals surface area (Å²) in [6.07, 6.45) is -2.46. The second-order valence-electron chi connectivity index (χ2n) is 6.09. The van der Waals surface area contributed by atoms with Gasteiger partial charge in [0, 0.05) is 11.5 Å². The van der Waals surface area contributed by atoms with Crippen molar-refractivity contribution in [1.29, 1.82) is 0 Å². The molecule has 0 spiro atoms. The molecule has 0 radical (unpaired) electrons. The zero-order valence-corrected chi connectivity index (χ0v) is 16.3. The van der Waals surface area contributed by atoms with Crippen molar-refractivity contribution in [3.63, 3.8) is 0 Å². The van der Waals surface area contributed by atoms with Crippen LogP contribution in [0.4, 0.5) is 17.6 Å². The van der Waals surface area contributed by atoms with Crippen LogP contribution < -0.4 is 10.3 Å². The number of nitrogens with zero attached hydrogens (tertiary/aromatic N) is 3. The van der Waals surface area contributed by atoms with E-state index in [0.717, 1.165) is 30.6 Å². The summed E-state index contributed by atoms with van der Waals surface area (Å²) in [5, 5.41) is 3.70. The molecule has 0 fully saturated rings. The van der Waals surface area contributed by atoms with Gasteiger partial charge in [-0.15, -0.1) is 0 Å². The second kappa shape index (κ2) is 8.01. The minimum atomic E-state index is -4.67. The van der Waals surface area contributed by atoms with Crippen molar-refractivity contribution in [3.05, 3.63) is 52.6 Å². The van der Waals surface area contributed by atoms with Crippen molar-refractivity contribution in [1.82, 2.24) is 14.8 Å². The topological polar surface area (TPSA) is 91.2 Å². The van der Waals surface area contributed by atoms with Gasteiger partial charge in [0.05, 0.1) is 29.1 Å². The first-order valence-corrected chi connectivity index (χ1v) is 10.2. The van der Waals surface area contributed by atoms with Gasteiger partial charge in [0.2, 0.25) is 0 Å². The molecule has 30 heavy (non-hydrogen) atoms. The van der Waals surface area contributed by atoms with E-state index in [0.29, 0.717) is 10.7 Å². The van der Waals surface area contributed by atoms with Crippen LogP contribution in [-0.4, -0.2) is 42.2 Å². The number of rotatable bonds is 6. The van der Waals surface area contributed by atoms with Gasteiger partial charge in [-0.1, -0.05) is 13.0 Å². The zero-order valence-electron chi connectivity index (χ0n) is 15.5. The Balaban J connectivity index is 2.26. The van der Waals surface area contributed by atoms with Gasteiger partial charge < -0.3 is 4.74 Å². The van der Waals surface area contributed by atoms with E-state index in [2.05, 4.69) is 10.1 Å². The Morgan fingerprint density at radius 3 is 2.53 bits per heavy atom. The Morgan fingerprint density at radius 1 is 1.17 bits per heavy atom. The monoisotopic (exact) mass is 445 g/mol. The highest BCUT2D eigenvalue weighted by Gasteiger charge is 2.31. The fourth-order valence-electron chi connectivity index (χ4n) is 2.67. The predicted octanol–water partition coefficient (Wildman–Crippen LogP) is 2.94. The molecule has 0 unspecified atom stereocenters. The van der Waals surface area contributed by atoms with Gasteiger partial charge in [-0.25, -0.2) is 17.8 Å². The van der Waals surface area contributed by atoms with Crippen molar-refractivity contribution in [3.8, 4) is 11.6 Å². The Kier molecular flexibility index (Phi) is 5.79. The summed E-state index contributed by atoms with van der Waals surface area (Å²) in [6, 6.07) is 3.65. The second-order valence-corrected chi connectivity index (χ2v) is 8.34. The van der Waals surface area contributed by atoms with Crippen molar-refractivity contribution < 1.29 is 30.7 Å². The fourth-order valence-corrected chi connectivity index (χ4v) is 3.69. The van der Waals surface area contributed by atoms with Crippen molar-refractivity contribution in [2.75, 3.05) is 19.0 Å². The summed E-state index contributed by atoms with van der Waals surface area (Å²) in [4.78, 5) is 16.3. The summed E-state index contributed by atoms with van der Waals surface area (Å²) >= 11 is 0. The summed E-state index contributed by atoms with van der Waals surface area (Å²) in [5.74, 6) is -0.792. The molecule has 0 amide bonds. The first-order chi connectivity index (χ1) is 14.1. The van der Waals surface area contributed by atoms with E-state index in [4.69, 9.17) is 4.74 Å². The van der Waals surface area contributed by atoms with Gasteiger partial charge in [0.25, 0.3) is 5.56 Å². The molecule has 0 saturated carbocycles. The lowest BCUT2D eigenvalue weighted by atomic mass is 10.1. The van der Waals surface area contributed by atoms with E-state index < -0.39 is 44.5 Å². The first-order valence-electron chi connectivity index (χ1n) is 8.59. The minimum absolute atomic E-state index is 0.0448. The van der Waals surface area contributed by atoms with Crippen LogP contribution in [0.3, 0.4) is 0 Å². The van der Waals surface area contributed by atoms with Crippen LogP contribution in [0.1, 0.15) is 12.5 Å². The van der Waals surface area contributed by atoms with Gasteiger partial charge in [0.1, 0.15) is 23.9 Å². The van der Waals surface area contributed by atoms with E-state index in [-0.39, 0.29) is 28.9 Å². The third-order valence-electron chi connectivity index (χ3n) is 4.19. The van der Waals surface area contributed by atoms with Gasteiger partial charge in [-0.3, -0.25) is 4.79 Å². The average Bonchev–Trinajstić information content (AvgIpc) is 2.71. The number of hydrogen-bond acceptors (Lipinski definition) is 6. The molecule has 0 saturated heterocycles. The number of halogens is 4. The van der Waals surface area contributed by atoms with Crippen LogP contribution in [0, 0.1) is 0 Å². The van der Waals surface area contributed by atoms with Crippen LogP contribution in [0.25, 0.3) is 16.6 Å². The summed E-state index contributed by atoms with van der Waals surface area (Å²) in [6.45, 7) is 0.215. The third kappa shape index (κ3) is 4.13. The standard InChI is InChI=1S/C18H15F4N3O4S/c1-2-30(27,28)15-8-13(29-6-5-19)10-23-16(15)25-17(26)14-7-12(18(20,21)22)4-3-11(14)9-24-25/h3-4,7-10H,2,5-6H2,1H3. The van der Waals surface area contributed by atoms with E-state index in [1.165, 1.54) is 6.92 Å². The summed E-state index contributed by atoms with van der Waals surface area (Å²) in [5.41, 5.74) is -2.01. The molecule has 0 bridgehead atoms. The number of alkyl halides is 4. The van der Waals surface area contributed by atoms with E-state index >= 15 is 0 Å². The highest BCUT2D eigenvalue weighted by Crippen LogP contribution is 2.31. The molecule has 1 aromatic carbocycles. The summed E-state index contributed by atoms with van der Waals surface area (Å²) in [7, 11) is -3.94. The van der Waals surface area contributed by atoms with Gasteiger partial charge in [-0.2, -0.15) is 23.0 Å². The van der Waals surface area contributed by atoms with Crippen LogP contribution in [-0.2, 0) is 16.0 Å². The minimum Gasteiger partial charge on any atom is -0.489 e. The van der Waals surface area contributed by atoms with Crippen LogP contribution in [0.5, 0.6) is 5.75 Å². The molecule has 12 heteroatoms. The van der Waals surface area contributed by atoms with Crippen molar-refractivity contribution in [2.24, 2.45) is 0 Å². The maximum absolute atomic E-state index is 13.0. The molecule has 0 aliphatic rings. The molecular formula is C18H15F4N3O4S. The van der Waals surface area contributed by atoms with Crippen LogP contribution in [0.2, 0.25) is 0 Å². The summed E-state index contributed by atoms with van der Waals surface area (Å²) < 4.78 is 82.1. The SMILES string of the molecule is CCS(=O)(=O)c1cc(OCCF)cnc1-n1ncc2ccc(C(F)(F)F)cc2c1=O. The quantitative estimate of drug-likeness (QED) is 0.542. The lowest BCUT2D eigenvalue weighted by molar-refractivity contribution is -0.137. The van der Waals surface area contributed by atoms with E-state index in [1.54, 1.807) is 0 Å². The molecule has 0 aliphatic heterocycles. The Hall–Kier alpha value is -3.02. The van der Waals surface area contributed by atoms with E-state index in [9.17, 15) is 30.8 Å². The lowest BCUT2D eigenvalue weighted by Gasteiger charge is -2.13. The molecule has 3 aromatic rings. The Morgan fingerprint density at radius 2 is 1.90 bits per heavy atom. The number of aromatic nitrogens is 3. The molecule has 160 valence electrons. The van der Waals surface area contributed by atoms with Crippen molar-refractivity contribution in [2.45, 2.75) is 18.0 Å². The number of ether oxygens (including phenoxy) is 1. The molecule has 2 aromatic heterocycles. The smallest absolute Gasteiger partial charge is 0.416 e. The van der Waals surface area contributed by atoms with Gasteiger partial charge in [-0.05, 0) is 12.1 Å². The Labute approximate surface area is 167 Å². The van der Waals surface area contributed by atoms with E-state index in [1.807, 2.05) is 0 Å². The number of benzene rings is 1. The van der Waals surface area contributed by atoms with Crippen molar-refractivity contribution >= 4 is 20.6 Å². The number of hydrogen-bond donors (Lipinski definition) is 0. The highest BCUT2D eigenvalue weighted by atomic mass is 32.2. The molecular weight excluding hydrogens is 430 g/mol. The predicted molar refractivity (Wildman–Crippen MR) is 99.3 cm³/mol. The van der Waals surface area contributed by atoms with Gasteiger partial charge >= 0.3 is 6.18 Å². The first kappa shape index (κ1) is 21.7. The maximum Gasteiger partial charge on any atom is 0.416 e. The number of pyridine rings is 1. The van der Waals surface area contributed by atoms with Crippen LogP contribution in [0.15, 0.2) is 46.3 Å². The average molecular weight is 445 g/mol. The lowest BCUT2D eigenvalue weighted by Crippen LogP contribution is -2.25. The normalized spacial score (nSPS) is 12.3. The Bertz CT molecular complexity index is 1260. The fraction of sp³-hybridized carbons (Fsp3) is 0.278. The van der Waals surface area contributed by atoms with Gasteiger partial charge in [0.15, 0.2) is 15.7 Å². The molecule has 2 heterocycles. The zero-order chi connectivity index (χ0) is 22.1. The molecule has 0 aliphatic carbocycles. The molecule has 0 atom stereocenters. The van der Waals surface area contributed by atoms with Crippen LogP contribution >= 0.6 is 0 Å². The highest BCUT2D eigenvalue weighted by molar-refractivity contribution is 7.91. The number of fused-ring (bicyclic) bond motifs is 1. The largest absolute Gasteiger partial charge is 0.489 e. The molecule has 3 rings (SSSR count). The molecule has 0 N–H and O–H groups in total.